The number of ether oxygens (including phenoxy) is 2. The zero-order valence-corrected chi connectivity index (χ0v) is 11.5. The first-order chi connectivity index (χ1) is 9.68. The van der Waals surface area contributed by atoms with Crippen LogP contribution in [0.3, 0.4) is 0 Å². The van der Waals surface area contributed by atoms with Crippen molar-refractivity contribution < 1.29 is 14.0 Å². The molecule has 20 heavy (non-hydrogen) atoms. The van der Waals surface area contributed by atoms with Crippen LogP contribution in [0.15, 0.2) is 28.8 Å². The van der Waals surface area contributed by atoms with E-state index >= 15 is 0 Å². The molecular weight excluding hydrogens is 258 g/mol. The van der Waals surface area contributed by atoms with Gasteiger partial charge in [-0.2, -0.15) is 4.98 Å². The molecule has 0 spiro atoms. The van der Waals surface area contributed by atoms with Crippen LogP contribution in [-0.4, -0.2) is 37.0 Å². The molecule has 0 amide bonds. The Bertz CT molecular complexity index is 593. The van der Waals surface area contributed by atoms with Gasteiger partial charge in [0.25, 0.3) is 0 Å². The third-order valence-electron chi connectivity index (χ3n) is 3.32. The van der Waals surface area contributed by atoms with Gasteiger partial charge in [-0.25, -0.2) is 0 Å². The Hall–Kier alpha value is -2.08. The molecule has 6 heteroatoms. The number of nitrogens with one attached hydrogen (secondary N) is 1. The summed E-state index contributed by atoms with van der Waals surface area (Å²) < 4.78 is 15.6. The van der Waals surface area contributed by atoms with Gasteiger partial charge in [-0.3, -0.25) is 0 Å². The standard InChI is InChI=1S/C14H17N3O3/c1-14(8-19-9-14)7-15-13-16-12(17-20-13)10-4-3-5-11(6-10)18-2/h3-6H,7-9H2,1-2H3,(H,15,16,17). The van der Waals surface area contributed by atoms with Crippen molar-refractivity contribution in [3.8, 4) is 17.1 Å². The van der Waals surface area contributed by atoms with Crippen LogP contribution in [0.25, 0.3) is 11.4 Å². The van der Waals surface area contributed by atoms with Crippen LogP contribution in [0.4, 0.5) is 6.01 Å². The number of anilines is 1. The Kier molecular flexibility index (Phi) is 3.31. The highest BCUT2D eigenvalue weighted by atomic mass is 16.5. The van der Waals surface area contributed by atoms with Crippen LogP contribution in [0.5, 0.6) is 5.75 Å². The minimum atomic E-state index is 0.157. The van der Waals surface area contributed by atoms with E-state index in [-0.39, 0.29) is 5.41 Å². The number of benzene rings is 1. The third kappa shape index (κ3) is 2.60. The van der Waals surface area contributed by atoms with Gasteiger partial charge >= 0.3 is 6.01 Å². The van der Waals surface area contributed by atoms with E-state index in [0.29, 0.717) is 11.8 Å². The lowest BCUT2D eigenvalue weighted by molar-refractivity contribution is -0.0926. The molecule has 2 heterocycles. The second kappa shape index (κ2) is 5.13. The summed E-state index contributed by atoms with van der Waals surface area (Å²) in [6.45, 7) is 4.43. The topological polar surface area (TPSA) is 69.4 Å². The molecule has 1 N–H and O–H groups in total. The monoisotopic (exact) mass is 275 g/mol. The van der Waals surface area contributed by atoms with Gasteiger partial charge in [0.05, 0.1) is 20.3 Å². The lowest BCUT2D eigenvalue weighted by Gasteiger charge is -2.37. The highest BCUT2D eigenvalue weighted by Crippen LogP contribution is 2.27. The van der Waals surface area contributed by atoms with Crippen LogP contribution in [0.2, 0.25) is 0 Å². The largest absolute Gasteiger partial charge is 0.497 e. The summed E-state index contributed by atoms with van der Waals surface area (Å²) in [6.07, 6.45) is 0. The maximum absolute atomic E-state index is 5.21. The average molecular weight is 275 g/mol. The number of hydrogen-bond donors (Lipinski definition) is 1. The van der Waals surface area contributed by atoms with Crippen LogP contribution < -0.4 is 10.1 Å². The molecule has 3 rings (SSSR count). The van der Waals surface area contributed by atoms with E-state index in [1.54, 1.807) is 7.11 Å². The van der Waals surface area contributed by atoms with Gasteiger partial charge in [0.15, 0.2) is 0 Å². The molecular formula is C14H17N3O3. The molecule has 0 aliphatic carbocycles. The molecule has 0 atom stereocenters. The SMILES string of the molecule is COc1cccc(-c2noc(NCC3(C)COC3)n2)c1. The second-order valence-electron chi connectivity index (χ2n) is 5.31. The van der Waals surface area contributed by atoms with Crippen molar-refractivity contribution in [2.24, 2.45) is 5.41 Å². The normalized spacial score (nSPS) is 16.5. The Morgan fingerprint density at radius 3 is 2.95 bits per heavy atom. The predicted molar refractivity (Wildman–Crippen MR) is 73.7 cm³/mol. The van der Waals surface area contributed by atoms with Crippen LogP contribution >= 0.6 is 0 Å². The highest BCUT2D eigenvalue weighted by molar-refractivity contribution is 5.57. The molecule has 1 saturated heterocycles. The zero-order chi connectivity index (χ0) is 14.0. The number of aromatic nitrogens is 2. The van der Waals surface area contributed by atoms with Crippen molar-refractivity contribution >= 4 is 6.01 Å². The minimum Gasteiger partial charge on any atom is -0.497 e. The summed E-state index contributed by atoms with van der Waals surface area (Å²) in [7, 11) is 1.63. The molecule has 1 aliphatic rings. The molecule has 2 aromatic rings. The molecule has 1 aliphatic heterocycles. The lowest BCUT2D eigenvalue weighted by Crippen LogP contribution is -2.45. The van der Waals surface area contributed by atoms with Gasteiger partial charge in [0.2, 0.25) is 5.82 Å². The zero-order valence-electron chi connectivity index (χ0n) is 11.5. The van der Waals surface area contributed by atoms with E-state index in [9.17, 15) is 0 Å². The van der Waals surface area contributed by atoms with E-state index in [0.717, 1.165) is 31.1 Å². The smallest absolute Gasteiger partial charge is 0.321 e. The lowest BCUT2D eigenvalue weighted by atomic mass is 9.89. The molecule has 0 saturated carbocycles. The highest BCUT2D eigenvalue weighted by Gasteiger charge is 2.33. The number of hydrogen-bond acceptors (Lipinski definition) is 6. The van der Waals surface area contributed by atoms with Crippen molar-refractivity contribution in [2.45, 2.75) is 6.92 Å². The molecule has 6 nitrogen and oxygen atoms in total. The van der Waals surface area contributed by atoms with E-state index < -0.39 is 0 Å². The van der Waals surface area contributed by atoms with Crippen molar-refractivity contribution in [3.63, 3.8) is 0 Å². The minimum absolute atomic E-state index is 0.157. The first-order valence-corrected chi connectivity index (χ1v) is 6.48. The van der Waals surface area contributed by atoms with Gasteiger partial charge < -0.3 is 19.3 Å². The van der Waals surface area contributed by atoms with Crippen molar-refractivity contribution in [3.05, 3.63) is 24.3 Å². The Balaban J connectivity index is 1.69. The van der Waals surface area contributed by atoms with Gasteiger partial charge in [0.1, 0.15) is 5.75 Å². The fraction of sp³-hybridized carbons (Fsp3) is 0.429. The number of nitrogens with zero attached hydrogens (tertiary/aromatic N) is 2. The predicted octanol–water partition coefficient (Wildman–Crippen LogP) is 2.19. The Labute approximate surface area is 117 Å². The van der Waals surface area contributed by atoms with Crippen LogP contribution in [-0.2, 0) is 4.74 Å². The quantitative estimate of drug-likeness (QED) is 0.902. The van der Waals surface area contributed by atoms with Crippen LogP contribution in [0, 0.1) is 5.41 Å². The summed E-state index contributed by atoms with van der Waals surface area (Å²) in [5.41, 5.74) is 1.02. The van der Waals surface area contributed by atoms with E-state index in [1.807, 2.05) is 24.3 Å². The maximum Gasteiger partial charge on any atom is 0.321 e. The molecule has 0 unspecified atom stereocenters. The molecule has 1 fully saturated rings. The summed E-state index contributed by atoms with van der Waals surface area (Å²) in [4.78, 5) is 4.33. The molecule has 0 bridgehead atoms. The number of rotatable bonds is 5. The maximum atomic E-state index is 5.21. The number of methoxy groups -OCH3 is 1. The molecule has 1 aromatic carbocycles. The summed E-state index contributed by atoms with van der Waals surface area (Å²) >= 11 is 0. The Morgan fingerprint density at radius 1 is 1.40 bits per heavy atom. The van der Waals surface area contributed by atoms with Crippen molar-refractivity contribution in [1.29, 1.82) is 0 Å². The van der Waals surface area contributed by atoms with E-state index in [1.165, 1.54) is 0 Å². The second-order valence-corrected chi connectivity index (χ2v) is 5.31. The van der Waals surface area contributed by atoms with Gasteiger partial charge in [-0.15, -0.1) is 0 Å². The summed E-state index contributed by atoms with van der Waals surface area (Å²) in [6, 6.07) is 7.98. The summed E-state index contributed by atoms with van der Waals surface area (Å²) in [5, 5.41) is 7.13. The van der Waals surface area contributed by atoms with Crippen LogP contribution in [0.1, 0.15) is 6.92 Å². The Morgan fingerprint density at radius 2 is 2.25 bits per heavy atom. The van der Waals surface area contributed by atoms with E-state index in [4.69, 9.17) is 14.0 Å². The first kappa shape index (κ1) is 12.9. The molecule has 0 radical (unpaired) electrons. The summed E-state index contributed by atoms with van der Waals surface area (Å²) in [5.74, 6) is 1.31. The molecule has 1 aromatic heterocycles. The fourth-order valence-electron chi connectivity index (χ4n) is 2.02. The van der Waals surface area contributed by atoms with Crippen molar-refractivity contribution in [1.82, 2.24) is 10.1 Å². The fourth-order valence-corrected chi connectivity index (χ4v) is 2.02. The van der Waals surface area contributed by atoms with Gasteiger partial charge in [-0.1, -0.05) is 24.2 Å². The van der Waals surface area contributed by atoms with Gasteiger partial charge in [0, 0.05) is 17.5 Å². The van der Waals surface area contributed by atoms with Gasteiger partial charge in [-0.05, 0) is 12.1 Å². The van der Waals surface area contributed by atoms with Crippen molar-refractivity contribution in [2.75, 3.05) is 32.2 Å². The third-order valence-corrected chi connectivity index (χ3v) is 3.32. The first-order valence-electron chi connectivity index (χ1n) is 6.48. The molecule has 106 valence electrons. The average Bonchev–Trinajstić information content (AvgIpc) is 2.92. The van der Waals surface area contributed by atoms with E-state index in [2.05, 4.69) is 22.4 Å².